The van der Waals surface area contributed by atoms with Gasteiger partial charge in [0.2, 0.25) is 0 Å². The van der Waals surface area contributed by atoms with Crippen LogP contribution in [0.25, 0.3) is 0 Å². The number of carbonyl (C=O) groups excluding carboxylic acids is 2. The number of rotatable bonds is 14. The van der Waals surface area contributed by atoms with E-state index >= 15 is 0 Å². The molecule has 0 saturated heterocycles. The molecule has 1 fully saturated rings. The van der Waals surface area contributed by atoms with Gasteiger partial charge >= 0.3 is 20.2 Å². The third-order valence-electron chi connectivity index (χ3n) is 7.73. The highest BCUT2D eigenvalue weighted by Gasteiger charge is 2.51. The lowest BCUT2D eigenvalue weighted by Gasteiger charge is -2.36. The Morgan fingerprint density at radius 3 is 1.33 bits per heavy atom. The molecule has 0 atom stereocenters. The van der Waals surface area contributed by atoms with Crippen molar-refractivity contribution >= 4 is 55.9 Å². The van der Waals surface area contributed by atoms with E-state index in [1.54, 1.807) is 12.1 Å². The molecular weight excluding hydrogens is 725 g/mol. The number of hydrogen-bond donors (Lipinski definition) is 2. The summed E-state index contributed by atoms with van der Waals surface area (Å²) in [5.41, 5.74) is 2.70. The molecule has 268 valence electrons. The lowest BCUT2D eigenvalue weighted by atomic mass is 9.67. The number of nitro benzene ring substituents is 2. The highest BCUT2D eigenvalue weighted by Crippen LogP contribution is 2.41. The molecule has 5 rings (SSSR count). The number of nitro groups is 2. The van der Waals surface area contributed by atoms with Crippen molar-refractivity contribution in [3.63, 3.8) is 0 Å². The van der Waals surface area contributed by atoms with E-state index in [9.17, 15) is 46.7 Å². The van der Waals surface area contributed by atoms with Gasteiger partial charge in [0, 0.05) is 35.4 Å². The smallest absolute Gasteiger partial charge is 0.339 e. The highest BCUT2D eigenvalue weighted by molar-refractivity contribution is 7.87. The van der Waals surface area contributed by atoms with Crippen LogP contribution < -0.4 is 19.2 Å². The van der Waals surface area contributed by atoms with E-state index in [4.69, 9.17) is 8.37 Å². The van der Waals surface area contributed by atoms with E-state index < -0.39 is 47.3 Å². The molecule has 1 saturated carbocycles. The molecule has 0 aliphatic heterocycles. The molecule has 2 N–H and O–H groups in total. The van der Waals surface area contributed by atoms with Gasteiger partial charge in [0.05, 0.1) is 22.3 Å². The van der Waals surface area contributed by atoms with Crippen molar-refractivity contribution in [3.05, 3.63) is 128 Å². The molecule has 1 aliphatic carbocycles. The van der Waals surface area contributed by atoms with Gasteiger partial charge in [0.25, 0.3) is 23.2 Å². The minimum absolute atomic E-state index is 0.140. The maximum atomic E-state index is 13.2. The zero-order chi connectivity index (χ0) is 37.5. The Bertz CT molecular complexity index is 2150. The van der Waals surface area contributed by atoms with Crippen molar-refractivity contribution < 1.29 is 44.6 Å². The number of para-hydroxylation sites is 2. The van der Waals surface area contributed by atoms with Gasteiger partial charge in [-0.05, 0) is 61.4 Å². The summed E-state index contributed by atoms with van der Waals surface area (Å²) in [5, 5.41) is 29.5. The first-order valence-corrected chi connectivity index (χ1v) is 17.8. The van der Waals surface area contributed by atoms with E-state index in [2.05, 4.69) is 21.1 Å². The van der Waals surface area contributed by atoms with E-state index in [0.29, 0.717) is 6.42 Å². The van der Waals surface area contributed by atoms with Crippen molar-refractivity contribution in [2.45, 2.75) is 29.1 Å². The van der Waals surface area contributed by atoms with Crippen LogP contribution in [0.4, 0.5) is 11.4 Å². The Hall–Kier alpha value is -6.54. The second-order valence-electron chi connectivity index (χ2n) is 11.0. The van der Waals surface area contributed by atoms with Crippen LogP contribution in [0.3, 0.4) is 0 Å². The van der Waals surface area contributed by atoms with E-state index in [-0.39, 0.29) is 56.6 Å². The van der Waals surface area contributed by atoms with Crippen LogP contribution in [0.2, 0.25) is 0 Å². The number of carbonyl (C=O) groups is 2. The van der Waals surface area contributed by atoms with Crippen LogP contribution in [0, 0.1) is 25.6 Å². The maximum absolute atomic E-state index is 13.2. The van der Waals surface area contributed by atoms with E-state index in [0.717, 1.165) is 61.0 Å². The monoisotopic (exact) mass is 750 g/mol. The van der Waals surface area contributed by atoms with Crippen LogP contribution >= 0.6 is 0 Å². The summed E-state index contributed by atoms with van der Waals surface area (Å²) in [6.45, 7) is 0. The topological polar surface area (TPSA) is 256 Å². The fourth-order valence-electron chi connectivity index (χ4n) is 4.75. The Morgan fingerprint density at radius 2 is 1.00 bits per heavy atom. The fourth-order valence-corrected chi connectivity index (χ4v) is 6.66. The van der Waals surface area contributed by atoms with Gasteiger partial charge in [-0.1, -0.05) is 30.7 Å². The SMILES string of the molecule is O=C(N/N=C\c1ccccc1OS(=O)(=O)c1ccc([N+](=O)[O-])cc1)C1(C(=O)N/N=C/c2ccccc2OS(=O)(=O)c2ccc([N+](=O)[O-])cc2)CCC1. The van der Waals surface area contributed by atoms with Crippen LogP contribution in [-0.4, -0.2) is 50.9 Å². The van der Waals surface area contributed by atoms with Gasteiger partial charge in [-0.2, -0.15) is 27.0 Å². The van der Waals surface area contributed by atoms with Crippen molar-refractivity contribution in [2.24, 2.45) is 15.6 Å². The van der Waals surface area contributed by atoms with Crippen molar-refractivity contribution in [2.75, 3.05) is 0 Å². The van der Waals surface area contributed by atoms with Gasteiger partial charge in [-0.15, -0.1) is 0 Å². The molecule has 0 heterocycles. The van der Waals surface area contributed by atoms with Gasteiger partial charge < -0.3 is 8.37 Å². The third kappa shape index (κ3) is 8.25. The van der Waals surface area contributed by atoms with Crippen molar-refractivity contribution in [1.82, 2.24) is 10.9 Å². The standard InChI is InChI=1S/C32H26N6O12S2/c39-30(35-33-20-22-6-1-3-8-28(22)49-51(45,46)26-14-10-24(11-15-26)37(41)42)32(18-5-19-32)31(40)36-34-21-23-7-2-4-9-29(23)50-52(47,48)27-16-12-25(13-17-27)38(43)44/h1-4,6-17,20-21H,5,18-19H2,(H,35,39)(H,36,40)/b33-20-,34-21+. The second-order valence-corrected chi connectivity index (χ2v) is 14.1. The molecule has 0 bridgehead atoms. The van der Waals surface area contributed by atoms with Crippen LogP contribution in [0.1, 0.15) is 30.4 Å². The summed E-state index contributed by atoms with van der Waals surface area (Å²) < 4.78 is 61.6. The number of hydrazone groups is 2. The fraction of sp³-hybridized carbons (Fsp3) is 0.125. The lowest BCUT2D eigenvalue weighted by Crippen LogP contribution is -2.53. The molecule has 0 radical (unpaired) electrons. The summed E-state index contributed by atoms with van der Waals surface area (Å²) in [6.07, 6.45) is 3.10. The quantitative estimate of drug-likeness (QED) is 0.0613. The summed E-state index contributed by atoms with van der Waals surface area (Å²) in [4.78, 5) is 46.1. The molecule has 0 spiro atoms. The van der Waals surface area contributed by atoms with Crippen molar-refractivity contribution in [1.29, 1.82) is 0 Å². The molecule has 4 aromatic rings. The minimum Gasteiger partial charge on any atom is -0.378 e. The number of non-ortho nitro benzene ring substituents is 2. The predicted octanol–water partition coefficient (Wildman–Crippen LogP) is 3.81. The Balaban J connectivity index is 1.22. The maximum Gasteiger partial charge on any atom is 0.339 e. The second kappa shape index (κ2) is 15.1. The number of amides is 2. The number of benzene rings is 4. The van der Waals surface area contributed by atoms with Gasteiger partial charge in [-0.25, -0.2) is 10.9 Å². The largest absolute Gasteiger partial charge is 0.378 e. The minimum atomic E-state index is -4.40. The first-order chi connectivity index (χ1) is 24.7. The number of hydrogen-bond acceptors (Lipinski definition) is 14. The zero-order valence-electron chi connectivity index (χ0n) is 26.5. The number of nitrogens with zero attached hydrogens (tertiary/aromatic N) is 4. The van der Waals surface area contributed by atoms with E-state index in [1.165, 1.54) is 36.4 Å². The summed E-state index contributed by atoms with van der Waals surface area (Å²) >= 11 is 0. The van der Waals surface area contributed by atoms with Crippen LogP contribution in [-0.2, 0) is 29.8 Å². The van der Waals surface area contributed by atoms with Crippen LogP contribution in [0.15, 0.2) is 117 Å². The zero-order valence-corrected chi connectivity index (χ0v) is 28.2. The molecular formula is C32H26N6O12S2. The van der Waals surface area contributed by atoms with Gasteiger partial charge in [-0.3, -0.25) is 29.8 Å². The molecule has 2 amide bonds. The predicted molar refractivity (Wildman–Crippen MR) is 182 cm³/mol. The Morgan fingerprint density at radius 1 is 0.635 bits per heavy atom. The molecule has 0 aromatic heterocycles. The third-order valence-corrected chi connectivity index (χ3v) is 10.2. The summed E-state index contributed by atoms with van der Waals surface area (Å²) in [5.74, 6) is -1.85. The van der Waals surface area contributed by atoms with Gasteiger partial charge in [0.1, 0.15) is 15.2 Å². The molecule has 0 unspecified atom stereocenters. The normalized spacial score (nSPS) is 13.9. The molecule has 1 aliphatic rings. The van der Waals surface area contributed by atoms with Crippen molar-refractivity contribution in [3.8, 4) is 11.5 Å². The molecule has 4 aromatic carbocycles. The van der Waals surface area contributed by atoms with Gasteiger partial charge in [0.15, 0.2) is 11.5 Å². The Labute approximate surface area is 295 Å². The Kier molecular flexibility index (Phi) is 10.7. The first-order valence-electron chi connectivity index (χ1n) is 14.9. The van der Waals surface area contributed by atoms with E-state index in [1.807, 2.05) is 0 Å². The molecule has 18 nitrogen and oxygen atoms in total. The molecule has 20 heteroatoms. The average Bonchev–Trinajstić information content (AvgIpc) is 3.09. The average molecular weight is 751 g/mol. The number of nitrogens with one attached hydrogen (secondary N) is 2. The first kappa shape index (κ1) is 36.7. The summed E-state index contributed by atoms with van der Waals surface area (Å²) in [7, 11) is -8.81. The summed E-state index contributed by atoms with van der Waals surface area (Å²) in [6, 6.07) is 19.9. The molecule has 52 heavy (non-hydrogen) atoms. The highest BCUT2D eigenvalue weighted by atomic mass is 32.2. The van der Waals surface area contributed by atoms with Crippen LogP contribution in [0.5, 0.6) is 11.5 Å². The lowest BCUT2D eigenvalue weighted by molar-refractivity contribution is -0.385.